The van der Waals surface area contributed by atoms with Crippen molar-refractivity contribution in [2.24, 2.45) is 0 Å². The number of carbonyl (C=O) groups excluding carboxylic acids is 2. The Kier molecular flexibility index (Phi) is 5.51. The molecule has 0 aliphatic heterocycles. The summed E-state index contributed by atoms with van der Waals surface area (Å²) in [5, 5.41) is 4.96. The molecule has 132 valence electrons. The fourth-order valence-corrected chi connectivity index (χ4v) is 2.03. The summed E-state index contributed by atoms with van der Waals surface area (Å²) in [5.41, 5.74) is 1.28. The molecular weight excluding hydrogens is 336 g/mol. The van der Waals surface area contributed by atoms with Gasteiger partial charge in [-0.05, 0) is 5.56 Å². The third-order valence-corrected chi connectivity index (χ3v) is 3.26. The average Bonchev–Trinajstić information content (AvgIpc) is 3.21. The number of nitrogens with one attached hydrogen (secondary N) is 2. The first-order chi connectivity index (χ1) is 12.7. The maximum absolute atomic E-state index is 11.9. The molecule has 3 rings (SSSR count). The number of amides is 2. The number of aromatic nitrogens is 4. The molecule has 2 amide bonds. The van der Waals surface area contributed by atoms with Crippen LogP contribution in [0.4, 0.5) is 10.5 Å². The molecule has 9 heteroatoms. The van der Waals surface area contributed by atoms with Crippen LogP contribution in [0.2, 0.25) is 0 Å². The van der Waals surface area contributed by atoms with Gasteiger partial charge in [0, 0.05) is 12.4 Å². The van der Waals surface area contributed by atoms with E-state index < -0.39 is 12.0 Å². The van der Waals surface area contributed by atoms with Crippen LogP contribution in [-0.2, 0) is 16.1 Å². The first-order valence-corrected chi connectivity index (χ1v) is 7.75. The normalized spacial score (nSPS) is 10.2. The number of imidazole rings is 1. The van der Waals surface area contributed by atoms with Crippen molar-refractivity contribution in [3.05, 3.63) is 67.0 Å². The molecule has 2 N–H and O–H groups in total. The Balaban J connectivity index is 1.41. The lowest BCUT2D eigenvalue weighted by Crippen LogP contribution is -2.33. The van der Waals surface area contributed by atoms with E-state index in [-0.39, 0.29) is 13.2 Å². The van der Waals surface area contributed by atoms with Crippen LogP contribution < -0.4 is 10.6 Å². The molecule has 2 aromatic heterocycles. The second-order valence-corrected chi connectivity index (χ2v) is 5.21. The van der Waals surface area contributed by atoms with Gasteiger partial charge in [-0.15, -0.1) is 0 Å². The molecule has 0 spiro atoms. The van der Waals surface area contributed by atoms with Gasteiger partial charge in [-0.1, -0.05) is 30.3 Å². The van der Waals surface area contributed by atoms with Crippen LogP contribution >= 0.6 is 0 Å². The first-order valence-electron chi connectivity index (χ1n) is 7.75. The van der Waals surface area contributed by atoms with E-state index in [4.69, 9.17) is 4.74 Å². The van der Waals surface area contributed by atoms with Gasteiger partial charge in [-0.2, -0.15) is 0 Å². The zero-order chi connectivity index (χ0) is 18.2. The molecule has 9 nitrogen and oxygen atoms in total. The van der Waals surface area contributed by atoms with Crippen molar-refractivity contribution in [1.82, 2.24) is 24.8 Å². The van der Waals surface area contributed by atoms with Crippen molar-refractivity contribution in [1.29, 1.82) is 0 Å². The smallest absolute Gasteiger partial charge is 0.407 e. The highest BCUT2D eigenvalue weighted by Gasteiger charge is 2.08. The molecule has 0 fully saturated rings. The van der Waals surface area contributed by atoms with Crippen LogP contribution in [0.25, 0.3) is 5.95 Å². The summed E-state index contributed by atoms with van der Waals surface area (Å²) >= 11 is 0. The lowest BCUT2D eigenvalue weighted by atomic mass is 10.2. The predicted molar refractivity (Wildman–Crippen MR) is 92.4 cm³/mol. The fraction of sp³-hybridized carbons (Fsp3) is 0.118. The Morgan fingerprint density at radius 3 is 2.58 bits per heavy atom. The number of nitrogens with zero attached hydrogens (tertiary/aromatic N) is 4. The number of rotatable bonds is 6. The van der Waals surface area contributed by atoms with Crippen molar-refractivity contribution in [3.63, 3.8) is 0 Å². The van der Waals surface area contributed by atoms with E-state index >= 15 is 0 Å². The fourth-order valence-electron chi connectivity index (χ4n) is 2.03. The highest BCUT2D eigenvalue weighted by Crippen LogP contribution is 2.05. The third kappa shape index (κ3) is 4.87. The summed E-state index contributed by atoms with van der Waals surface area (Å²) < 4.78 is 6.66. The number of benzene rings is 1. The molecular formula is C17H16N6O3. The molecule has 0 radical (unpaired) electrons. The van der Waals surface area contributed by atoms with Gasteiger partial charge in [0.2, 0.25) is 11.9 Å². The Labute approximate surface area is 149 Å². The van der Waals surface area contributed by atoms with Crippen LogP contribution in [0.5, 0.6) is 0 Å². The highest BCUT2D eigenvalue weighted by molar-refractivity contribution is 5.93. The largest absolute Gasteiger partial charge is 0.445 e. The number of ether oxygens (including phenoxy) is 1. The van der Waals surface area contributed by atoms with Gasteiger partial charge in [0.1, 0.15) is 19.5 Å². The first kappa shape index (κ1) is 17.1. The van der Waals surface area contributed by atoms with Crippen molar-refractivity contribution in [2.45, 2.75) is 6.61 Å². The zero-order valence-electron chi connectivity index (χ0n) is 13.7. The highest BCUT2D eigenvalue weighted by atomic mass is 16.5. The Bertz CT molecular complexity index is 850. The molecule has 0 atom stereocenters. The second kappa shape index (κ2) is 8.38. The van der Waals surface area contributed by atoms with E-state index in [1.165, 1.54) is 12.4 Å². The minimum absolute atomic E-state index is 0.137. The molecule has 0 bridgehead atoms. The van der Waals surface area contributed by atoms with Crippen molar-refractivity contribution in [3.8, 4) is 5.95 Å². The standard InChI is InChI=1S/C17H16N6O3/c24-15(10-21-17(25)26-11-13-4-2-1-3-5-13)22-14-8-19-16(20-9-14)23-7-6-18-12-23/h1-9,12H,10-11H2,(H,21,25)(H,22,24). The van der Waals surface area contributed by atoms with Gasteiger partial charge in [-0.3, -0.25) is 9.36 Å². The molecule has 0 saturated heterocycles. The van der Waals surface area contributed by atoms with Crippen LogP contribution in [0.1, 0.15) is 5.56 Å². The van der Waals surface area contributed by atoms with Gasteiger partial charge in [0.25, 0.3) is 0 Å². The van der Waals surface area contributed by atoms with Gasteiger partial charge in [0.15, 0.2) is 0 Å². The van der Waals surface area contributed by atoms with Crippen molar-refractivity contribution in [2.75, 3.05) is 11.9 Å². The third-order valence-electron chi connectivity index (χ3n) is 3.26. The van der Waals surface area contributed by atoms with Crippen LogP contribution in [0, 0.1) is 0 Å². The maximum Gasteiger partial charge on any atom is 0.407 e. The molecule has 26 heavy (non-hydrogen) atoms. The molecule has 2 heterocycles. The topological polar surface area (TPSA) is 111 Å². The summed E-state index contributed by atoms with van der Waals surface area (Å²) in [6.45, 7) is -0.0886. The summed E-state index contributed by atoms with van der Waals surface area (Å²) in [7, 11) is 0. The van der Waals surface area contributed by atoms with Gasteiger partial charge < -0.3 is 15.4 Å². The minimum atomic E-state index is -0.671. The molecule has 0 unspecified atom stereocenters. The Morgan fingerprint density at radius 1 is 1.12 bits per heavy atom. The molecule has 0 saturated carbocycles. The zero-order valence-corrected chi connectivity index (χ0v) is 13.7. The van der Waals surface area contributed by atoms with Gasteiger partial charge in [-0.25, -0.2) is 19.7 Å². The molecule has 0 aliphatic carbocycles. The lowest BCUT2D eigenvalue weighted by molar-refractivity contribution is -0.115. The van der Waals surface area contributed by atoms with Crippen molar-refractivity contribution >= 4 is 17.7 Å². The van der Waals surface area contributed by atoms with Crippen molar-refractivity contribution < 1.29 is 14.3 Å². The molecule has 1 aromatic carbocycles. The lowest BCUT2D eigenvalue weighted by Gasteiger charge is -2.08. The quantitative estimate of drug-likeness (QED) is 0.696. The maximum atomic E-state index is 11.9. The van der Waals surface area contributed by atoms with Crippen LogP contribution in [-0.4, -0.2) is 38.1 Å². The number of anilines is 1. The Morgan fingerprint density at radius 2 is 1.88 bits per heavy atom. The van der Waals surface area contributed by atoms with E-state index in [0.29, 0.717) is 11.6 Å². The Hall–Kier alpha value is -3.75. The summed E-state index contributed by atoms with van der Waals surface area (Å²) in [4.78, 5) is 35.6. The second-order valence-electron chi connectivity index (χ2n) is 5.21. The van der Waals surface area contributed by atoms with Gasteiger partial charge in [0.05, 0.1) is 18.1 Å². The van der Waals surface area contributed by atoms with Crippen LogP contribution in [0.3, 0.4) is 0 Å². The number of hydrogen-bond acceptors (Lipinski definition) is 6. The monoisotopic (exact) mass is 352 g/mol. The number of hydrogen-bond donors (Lipinski definition) is 2. The summed E-state index contributed by atoms with van der Waals surface area (Å²) in [6.07, 6.45) is 7.15. The van der Waals surface area contributed by atoms with Gasteiger partial charge >= 0.3 is 6.09 Å². The SMILES string of the molecule is O=C(CNC(=O)OCc1ccccc1)Nc1cnc(-n2ccnc2)nc1. The van der Waals surface area contributed by atoms with E-state index in [0.717, 1.165) is 5.56 Å². The predicted octanol–water partition coefficient (Wildman–Crippen LogP) is 1.53. The van der Waals surface area contributed by atoms with E-state index in [2.05, 4.69) is 25.6 Å². The molecule has 0 aliphatic rings. The number of alkyl carbamates (subject to hydrolysis) is 1. The molecule has 3 aromatic rings. The average molecular weight is 352 g/mol. The van der Waals surface area contributed by atoms with E-state index in [9.17, 15) is 9.59 Å². The summed E-state index contributed by atoms with van der Waals surface area (Å²) in [6, 6.07) is 9.26. The minimum Gasteiger partial charge on any atom is -0.445 e. The van der Waals surface area contributed by atoms with E-state index in [1.807, 2.05) is 30.3 Å². The van der Waals surface area contributed by atoms with E-state index in [1.54, 1.807) is 23.3 Å². The van der Waals surface area contributed by atoms with Crippen LogP contribution in [0.15, 0.2) is 61.4 Å². The number of carbonyl (C=O) groups is 2. The summed E-state index contributed by atoms with van der Waals surface area (Å²) in [5.74, 6) is 0.0174.